The molecule has 1 aliphatic rings. The second kappa shape index (κ2) is 11.1. The molecule has 1 aromatic heterocycles. The smallest absolute Gasteiger partial charge is 0.243 e. The molecular weight excluding hydrogens is 354 g/mol. The first-order valence-corrected chi connectivity index (χ1v) is 10.7. The molecule has 144 valence electrons. The van der Waals surface area contributed by atoms with Gasteiger partial charge in [-0.3, -0.25) is 9.78 Å². The Bertz CT molecular complexity index is 671. The fourth-order valence-corrected chi connectivity index (χ4v) is 4.15. The van der Waals surface area contributed by atoms with E-state index >= 15 is 0 Å². The number of morpholine rings is 1. The van der Waals surface area contributed by atoms with Crippen LogP contribution >= 0.6 is 0 Å². The highest BCUT2D eigenvalue weighted by Gasteiger charge is 2.27. The first-order valence-electron chi connectivity index (χ1n) is 8.98. The number of sulfone groups is 1. The molecule has 2 N–H and O–H groups in total. The van der Waals surface area contributed by atoms with Crippen LogP contribution in [0.5, 0.6) is 0 Å². The van der Waals surface area contributed by atoms with Gasteiger partial charge in [0, 0.05) is 38.1 Å². The minimum Gasteiger partial charge on any atom is -0.360 e. The number of nitrogens with one attached hydrogen (secondary N) is 2. The molecule has 0 aromatic carbocycles. The molecule has 7 nitrogen and oxygen atoms in total. The quantitative estimate of drug-likeness (QED) is 0.466. The highest BCUT2D eigenvalue weighted by atomic mass is 32.2. The molecule has 0 saturated carbocycles. The number of pyridine rings is 1. The van der Waals surface area contributed by atoms with Gasteiger partial charge in [-0.25, -0.2) is 8.42 Å². The van der Waals surface area contributed by atoms with Crippen molar-refractivity contribution in [3.05, 3.63) is 36.2 Å². The Kier molecular flexibility index (Phi) is 8.73. The van der Waals surface area contributed by atoms with Gasteiger partial charge in [0.1, 0.15) is 0 Å². The largest absolute Gasteiger partial charge is 0.360 e. The zero-order valence-corrected chi connectivity index (χ0v) is 15.7. The van der Waals surface area contributed by atoms with Gasteiger partial charge in [0.15, 0.2) is 15.3 Å². The van der Waals surface area contributed by atoms with Crippen LogP contribution in [0.25, 0.3) is 6.08 Å². The number of unbranched alkanes of at least 4 members (excludes halogenated alkanes) is 3. The van der Waals surface area contributed by atoms with Gasteiger partial charge in [0.25, 0.3) is 0 Å². The maximum Gasteiger partial charge on any atom is 0.243 e. The van der Waals surface area contributed by atoms with Crippen molar-refractivity contribution in [1.82, 2.24) is 15.6 Å². The molecule has 1 fully saturated rings. The zero-order valence-electron chi connectivity index (χ0n) is 14.9. The summed E-state index contributed by atoms with van der Waals surface area (Å²) in [7, 11) is -3.19. The van der Waals surface area contributed by atoms with Crippen LogP contribution in [-0.2, 0) is 19.4 Å². The van der Waals surface area contributed by atoms with Gasteiger partial charge in [-0.1, -0.05) is 12.8 Å². The molecule has 2 rings (SSSR count). The summed E-state index contributed by atoms with van der Waals surface area (Å²) < 4.78 is 29.6. The summed E-state index contributed by atoms with van der Waals surface area (Å²) in [4.78, 5) is 15.6. The average molecular weight is 381 g/mol. The van der Waals surface area contributed by atoms with Gasteiger partial charge in [-0.2, -0.15) is 0 Å². The molecule has 1 unspecified atom stereocenters. The number of ether oxygens (including phenoxy) is 1. The van der Waals surface area contributed by atoms with Crippen LogP contribution < -0.4 is 10.6 Å². The van der Waals surface area contributed by atoms with Crippen molar-refractivity contribution in [1.29, 1.82) is 0 Å². The van der Waals surface area contributed by atoms with E-state index in [4.69, 9.17) is 4.74 Å². The number of nitrogens with zero attached hydrogens (tertiary/aromatic N) is 1. The Morgan fingerprint density at radius 3 is 2.77 bits per heavy atom. The summed E-state index contributed by atoms with van der Waals surface area (Å²) in [6.45, 7) is 2.11. The number of amides is 1. The van der Waals surface area contributed by atoms with Crippen LogP contribution in [0.4, 0.5) is 0 Å². The van der Waals surface area contributed by atoms with Gasteiger partial charge in [0.2, 0.25) is 5.91 Å². The lowest BCUT2D eigenvalue weighted by Crippen LogP contribution is -2.43. The molecule has 1 aromatic rings. The van der Waals surface area contributed by atoms with E-state index < -0.39 is 15.3 Å². The number of carbonyl (C=O) groups is 1. The molecule has 1 amide bonds. The third-order valence-corrected chi connectivity index (χ3v) is 6.04. The Hall–Kier alpha value is -1.77. The van der Waals surface area contributed by atoms with E-state index in [0.717, 1.165) is 24.8 Å². The van der Waals surface area contributed by atoms with Crippen molar-refractivity contribution in [2.45, 2.75) is 31.1 Å². The standard InChI is InChI=1S/C18H27N3O4S/c22-17(6-5-16-7-10-19-11-8-16)21-9-3-1-2-4-14-26(23,24)18-15-20-12-13-25-18/h5-8,10-11,18,20H,1-4,9,12-15H2,(H,21,22)/b6-5+. The third kappa shape index (κ3) is 7.63. The number of hydrogen-bond donors (Lipinski definition) is 2. The number of aromatic nitrogens is 1. The Balaban J connectivity index is 1.52. The van der Waals surface area contributed by atoms with Crippen molar-refractivity contribution >= 4 is 21.8 Å². The Morgan fingerprint density at radius 2 is 2.04 bits per heavy atom. The van der Waals surface area contributed by atoms with Gasteiger partial charge >= 0.3 is 0 Å². The zero-order chi connectivity index (χ0) is 18.7. The lowest BCUT2D eigenvalue weighted by Gasteiger charge is -2.23. The molecule has 0 radical (unpaired) electrons. The molecule has 8 heteroatoms. The van der Waals surface area contributed by atoms with Gasteiger partial charge in [-0.15, -0.1) is 0 Å². The van der Waals surface area contributed by atoms with Crippen LogP contribution in [0.1, 0.15) is 31.2 Å². The average Bonchev–Trinajstić information content (AvgIpc) is 2.67. The Morgan fingerprint density at radius 1 is 1.27 bits per heavy atom. The van der Waals surface area contributed by atoms with Crippen LogP contribution in [0, 0.1) is 0 Å². The van der Waals surface area contributed by atoms with E-state index in [0.29, 0.717) is 32.7 Å². The molecule has 1 atom stereocenters. The van der Waals surface area contributed by atoms with Crippen molar-refractivity contribution in [2.24, 2.45) is 0 Å². The lowest BCUT2D eigenvalue weighted by atomic mass is 10.2. The van der Waals surface area contributed by atoms with E-state index in [1.54, 1.807) is 18.5 Å². The van der Waals surface area contributed by atoms with Gasteiger partial charge < -0.3 is 15.4 Å². The molecular formula is C18H27N3O4S. The molecule has 0 aliphatic carbocycles. The number of hydrogen-bond acceptors (Lipinski definition) is 6. The second-order valence-electron chi connectivity index (χ2n) is 6.19. The molecule has 26 heavy (non-hydrogen) atoms. The summed E-state index contributed by atoms with van der Waals surface area (Å²) in [5, 5.41) is 5.86. The van der Waals surface area contributed by atoms with E-state index in [-0.39, 0.29) is 11.7 Å². The lowest BCUT2D eigenvalue weighted by molar-refractivity contribution is -0.116. The van der Waals surface area contributed by atoms with Crippen molar-refractivity contribution in [3.8, 4) is 0 Å². The molecule has 2 heterocycles. The predicted octanol–water partition coefficient (Wildman–Crippen LogP) is 1.13. The molecule has 0 bridgehead atoms. The van der Waals surface area contributed by atoms with Crippen molar-refractivity contribution < 1.29 is 17.9 Å². The molecule has 1 aliphatic heterocycles. The van der Waals surface area contributed by atoms with E-state index in [9.17, 15) is 13.2 Å². The number of carbonyl (C=O) groups excluding carboxylic acids is 1. The molecule has 1 saturated heterocycles. The maximum absolute atomic E-state index is 12.1. The summed E-state index contributed by atoms with van der Waals surface area (Å²) in [5.74, 6) is 0.0201. The highest BCUT2D eigenvalue weighted by molar-refractivity contribution is 7.91. The second-order valence-corrected chi connectivity index (χ2v) is 8.45. The normalized spacial score (nSPS) is 18.1. The van der Waals surface area contributed by atoms with E-state index in [1.807, 2.05) is 12.1 Å². The van der Waals surface area contributed by atoms with Crippen LogP contribution in [-0.4, -0.2) is 56.7 Å². The van der Waals surface area contributed by atoms with Crippen molar-refractivity contribution in [2.75, 3.05) is 32.0 Å². The predicted molar refractivity (Wildman–Crippen MR) is 101 cm³/mol. The molecule has 0 spiro atoms. The van der Waals surface area contributed by atoms with Crippen LogP contribution in [0.15, 0.2) is 30.6 Å². The maximum atomic E-state index is 12.1. The van der Waals surface area contributed by atoms with Gasteiger partial charge in [0.05, 0.1) is 12.4 Å². The first-order chi connectivity index (χ1) is 12.6. The number of rotatable bonds is 10. The first kappa shape index (κ1) is 20.5. The fraction of sp³-hybridized carbons (Fsp3) is 0.556. The van der Waals surface area contributed by atoms with E-state index in [1.165, 1.54) is 6.08 Å². The SMILES string of the molecule is O=C(/C=C/c1ccncc1)NCCCCCCS(=O)(=O)C1CNCCO1. The van der Waals surface area contributed by atoms with Crippen molar-refractivity contribution in [3.63, 3.8) is 0 Å². The minimum atomic E-state index is -3.19. The topological polar surface area (TPSA) is 97.4 Å². The summed E-state index contributed by atoms with van der Waals surface area (Å²) in [6.07, 6.45) is 9.75. The van der Waals surface area contributed by atoms with E-state index in [2.05, 4.69) is 15.6 Å². The fourth-order valence-electron chi connectivity index (χ4n) is 2.60. The summed E-state index contributed by atoms with van der Waals surface area (Å²) in [5.41, 5.74) is 0.219. The van der Waals surface area contributed by atoms with Crippen LogP contribution in [0.2, 0.25) is 0 Å². The third-order valence-electron chi connectivity index (χ3n) is 4.08. The Labute approximate surface area is 155 Å². The highest BCUT2D eigenvalue weighted by Crippen LogP contribution is 2.10. The monoisotopic (exact) mass is 381 g/mol. The minimum absolute atomic E-state index is 0.133. The summed E-state index contributed by atoms with van der Waals surface area (Å²) in [6, 6.07) is 3.65. The van der Waals surface area contributed by atoms with Gasteiger partial charge in [-0.05, 0) is 36.6 Å². The summed E-state index contributed by atoms with van der Waals surface area (Å²) >= 11 is 0. The van der Waals surface area contributed by atoms with Crippen LogP contribution in [0.3, 0.4) is 0 Å².